The lowest BCUT2D eigenvalue weighted by Gasteiger charge is -2.23. The van der Waals surface area contributed by atoms with Crippen LogP contribution in [0.2, 0.25) is 0 Å². The zero-order valence-corrected chi connectivity index (χ0v) is 7.73. The van der Waals surface area contributed by atoms with Crippen molar-refractivity contribution in [2.45, 2.75) is 38.6 Å². The maximum absolute atomic E-state index is 10.6. The van der Waals surface area contributed by atoms with Crippen LogP contribution in [0.25, 0.3) is 0 Å². The molecular weight excluding hydrogens is 152 g/mol. The van der Waals surface area contributed by atoms with Gasteiger partial charge in [-0.15, -0.1) is 0 Å². The van der Waals surface area contributed by atoms with E-state index in [2.05, 4.69) is 10.6 Å². The number of carbonyl (C=O) groups excluding carboxylic acids is 1. The van der Waals surface area contributed by atoms with Crippen LogP contribution in [0.15, 0.2) is 0 Å². The van der Waals surface area contributed by atoms with Gasteiger partial charge in [0, 0.05) is 19.5 Å². The number of hydrogen-bond donors (Lipinski definition) is 2. The zero-order chi connectivity index (χ0) is 8.81. The molecular formula is C9H18N2O. The van der Waals surface area contributed by atoms with Crippen molar-refractivity contribution in [3.8, 4) is 0 Å². The molecule has 1 fully saturated rings. The highest BCUT2D eigenvalue weighted by Crippen LogP contribution is 2.08. The molecule has 12 heavy (non-hydrogen) atoms. The summed E-state index contributed by atoms with van der Waals surface area (Å²) in [7, 11) is 0. The van der Waals surface area contributed by atoms with E-state index in [0.29, 0.717) is 6.04 Å². The SMILES string of the molecule is CC(=O)NCCC1CCCCN1. The fraction of sp³-hybridized carbons (Fsp3) is 0.889. The van der Waals surface area contributed by atoms with Crippen LogP contribution in [-0.2, 0) is 4.79 Å². The molecule has 0 spiro atoms. The first-order valence-corrected chi connectivity index (χ1v) is 4.77. The predicted octanol–water partition coefficient (Wildman–Crippen LogP) is 0.655. The molecule has 1 aliphatic rings. The van der Waals surface area contributed by atoms with E-state index in [9.17, 15) is 4.79 Å². The highest BCUT2D eigenvalue weighted by atomic mass is 16.1. The van der Waals surface area contributed by atoms with Gasteiger partial charge in [0.15, 0.2) is 0 Å². The summed E-state index contributed by atoms with van der Waals surface area (Å²) in [4.78, 5) is 10.6. The first kappa shape index (κ1) is 9.52. The van der Waals surface area contributed by atoms with Crippen molar-refractivity contribution in [2.75, 3.05) is 13.1 Å². The molecule has 0 aromatic heterocycles. The standard InChI is InChI=1S/C9H18N2O/c1-8(12)10-7-5-9-4-2-3-6-11-9/h9,11H,2-7H2,1H3,(H,10,12). The van der Waals surface area contributed by atoms with Crippen molar-refractivity contribution in [3.63, 3.8) is 0 Å². The van der Waals surface area contributed by atoms with Crippen LogP contribution in [0, 0.1) is 0 Å². The lowest BCUT2D eigenvalue weighted by molar-refractivity contribution is -0.118. The summed E-state index contributed by atoms with van der Waals surface area (Å²) >= 11 is 0. The van der Waals surface area contributed by atoms with E-state index in [1.165, 1.54) is 19.3 Å². The topological polar surface area (TPSA) is 41.1 Å². The van der Waals surface area contributed by atoms with Gasteiger partial charge in [-0.3, -0.25) is 4.79 Å². The first-order chi connectivity index (χ1) is 5.79. The normalized spacial score (nSPS) is 23.6. The van der Waals surface area contributed by atoms with E-state index in [-0.39, 0.29) is 5.91 Å². The molecule has 1 atom stereocenters. The lowest BCUT2D eigenvalue weighted by Crippen LogP contribution is -2.37. The van der Waals surface area contributed by atoms with Crippen LogP contribution in [0.3, 0.4) is 0 Å². The Bertz CT molecular complexity index is 141. The summed E-state index contributed by atoms with van der Waals surface area (Å²) in [5.41, 5.74) is 0. The molecule has 3 heteroatoms. The van der Waals surface area contributed by atoms with Crippen LogP contribution < -0.4 is 10.6 Å². The molecule has 1 heterocycles. The molecule has 1 rings (SSSR count). The third-order valence-corrected chi connectivity index (χ3v) is 2.28. The minimum absolute atomic E-state index is 0.0748. The van der Waals surface area contributed by atoms with E-state index in [1.807, 2.05) is 0 Å². The van der Waals surface area contributed by atoms with Crippen molar-refractivity contribution in [1.82, 2.24) is 10.6 Å². The van der Waals surface area contributed by atoms with E-state index >= 15 is 0 Å². The maximum atomic E-state index is 10.6. The molecule has 1 unspecified atom stereocenters. The molecule has 1 aliphatic heterocycles. The number of piperidine rings is 1. The molecule has 2 N–H and O–H groups in total. The largest absolute Gasteiger partial charge is 0.356 e. The first-order valence-electron chi connectivity index (χ1n) is 4.77. The summed E-state index contributed by atoms with van der Waals surface area (Å²) < 4.78 is 0. The lowest BCUT2D eigenvalue weighted by atomic mass is 10.0. The Hall–Kier alpha value is -0.570. The smallest absolute Gasteiger partial charge is 0.216 e. The number of carbonyl (C=O) groups is 1. The Labute approximate surface area is 73.9 Å². The molecule has 70 valence electrons. The summed E-state index contributed by atoms with van der Waals surface area (Å²) in [6, 6.07) is 0.630. The Morgan fingerprint density at radius 3 is 3.00 bits per heavy atom. The van der Waals surface area contributed by atoms with Crippen LogP contribution in [-0.4, -0.2) is 25.0 Å². The number of amides is 1. The van der Waals surface area contributed by atoms with E-state index in [4.69, 9.17) is 0 Å². The van der Waals surface area contributed by atoms with Gasteiger partial charge in [-0.25, -0.2) is 0 Å². The van der Waals surface area contributed by atoms with Crippen molar-refractivity contribution < 1.29 is 4.79 Å². The summed E-state index contributed by atoms with van der Waals surface area (Å²) in [5.74, 6) is 0.0748. The van der Waals surface area contributed by atoms with Crippen LogP contribution in [0.4, 0.5) is 0 Å². The van der Waals surface area contributed by atoms with Crippen molar-refractivity contribution in [3.05, 3.63) is 0 Å². The molecule has 0 aliphatic carbocycles. The minimum atomic E-state index is 0.0748. The Balaban J connectivity index is 2.01. The van der Waals surface area contributed by atoms with Crippen molar-refractivity contribution >= 4 is 5.91 Å². The molecule has 0 bridgehead atoms. The second kappa shape index (κ2) is 5.14. The highest BCUT2D eigenvalue weighted by molar-refractivity contribution is 5.72. The van der Waals surface area contributed by atoms with E-state index in [0.717, 1.165) is 19.5 Å². The predicted molar refractivity (Wildman–Crippen MR) is 48.9 cm³/mol. The molecule has 0 aromatic carbocycles. The third-order valence-electron chi connectivity index (χ3n) is 2.28. The monoisotopic (exact) mass is 170 g/mol. The quantitative estimate of drug-likeness (QED) is 0.653. The van der Waals surface area contributed by atoms with Crippen molar-refractivity contribution in [1.29, 1.82) is 0 Å². The molecule has 0 aromatic rings. The van der Waals surface area contributed by atoms with Gasteiger partial charge in [0.2, 0.25) is 5.91 Å². The van der Waals surface area contributed by atoms with Gasteiger partial charge in [-0.05, 0) is 25.8 Å². The van der Waals surface area contributed by atoms with Gasteiger partial charge in [-0.2, -0.15) is 0 Å². The molecule has 1 amide bonds. The third kappa shape index (κ3) is 3.72. The van der Waals surface area contributed by atoms with Gasteiger partial charge >= 0.3 is 0 Å². The van der Waals surface area contributed by atoms with Crippen LogP contribution in [0.5, 0.6) is 0 Å². The fourth-order valence-electron chi connectivity index (χ4n) is 1.59. The summed E-state index contributed by atoms with van der Waals surface area (Å²) in [6.07, 6.45) is 4.97. The second-order valence-corrected chi connectivity index (χ2v) is 3.42. The Kier molecular flexibility index (Phi) is 4.08. The van der Waals surface area contributed by atoms with Crippen LogP contribution >= 0.6 is 0 Å². The van der Waals surface area contributed by atoms with Gasteiger partial charge in [0.05, 0.1) is 0 Å². The molecule has 0 saturated carbocycles. The Morgan fingerprint density at radius 2 is 2.42 bits per heavy atom. The van der Waals surface area contributed by atoms with Gasteiger partial charge < -0.3 is 10.6 Å². The zero-order valence-electron chi connectivity index (χ0n) is 7.73. The average molecular weight is 170 g/mol. The van der Waals surface area contributed by atoms with Gasteiger partial charge in [0.25, 0.3) is 0 Å². The molecule has 0 radical (unpaired) electrons. The highest BCUT2D eigenvalue weighted by Gasteiger charge is 2.11. The van der Waals surface area contributed by atoms with Gasteiger partial charge in [-0.1, -0.05) is 6.42 Å². The summed E-state index contributed by atoms with van der Waals surface area (Å²) in [5, 5.41) is 6.26. The van der Waals surface area contributed by atoms with Crippen LogP contribution in [0.1, 0.15) is 32.6 Å². The molecule has 1 saturated heterocycles. The second-order valence-electron chi connectivity index (χ2n) is 3.42. The fourth-order valence-corrected chi connectivity index (χ4v) is 1.59. The van der Waals surface area contributed by atoms with E-state index < -0.39 is 0 Å². The number of nitrogens with one attached hydrogen (secondary N) is 2. The molecule has 3 nitrogen and oxygen atoms in total. The number of hydrogen-bond acceptors (Lipinski definition) is 2. The van der Waals surface area contributed by atoms with E-state index in [1.54, 1.807) is 6.92 Å². The summed E-state index contributed by atoms with van der Waals surface area (Å²) in [6.45, 7) is 3.52. The van der Waals surface area contributed by atoms with Crippen molar-refractivity contribution in [2.24, 2.45) is 0 Å². The minimum Gasteiger partial charge on any atom is -0.356 e. The number of rotatable bonds is 3. The van der Waals surface area contributed by atoms with Gasteiger partial charge in [0.1, 0.15) is 0 Å². The maximum Gasteiger partial charge on any atom is 0.216 e. The Morgan fingerprint density at radius 1 is 1.58 bits per heavy atom. The average Bonchev–Trinajstić information content (AvgIpc) is 2.05.